The second-order valence-corrected chi connectivity index (χ2v) is 6.23. The second-order valence-electron chi connectivity index (χ2n) is 6.23. The predicted octanol–water partition coefficient (Wildman–Crippen LogP) is 4.70. The number of furan rings is 1. The van der Waals surface area contributed by atoms with Crippen LogP contribution in [0.2, 0.25) is 0 Å². The highest BCUT2D eigenvalue weighted by Gasteiger charge is 2.13. The summed E-state index contributed by atoms with van der Waals surface area (Å²) in [4.78, 5) is 12.3. The van der Waals surface area contributed by atoms with Crippen LogP contribution in [0.25, 0.3) is 21.7 Å². The van der Waals surface area contributed by atoms with Gasteiger partial charge in [-0.15, -0.1) is 0 Å². The van der Waals surface area contributed by atoms with Crippen molar-refractivity contribution in [1.82, 2.24) is 5.32 Å². The van der Waals surface area contributed by atoms with Gasteiger partial charge < -0.3 is 14.5 Å². The summed E-state index contributed by atoms with van der Waals surface area (Å²) in [5, 5.41) is 5.98. The number of carbonyl (C=O) groups is 1. The molecule has 130 valence electrons. The normalized spacial score (nSPS) is 11.0. The first-order valence-corrected chi connectivity index (χ1v) is 8.60. The van der Waals surface area contributed by atoms with E-state index in [1.54, 1.807) is 6.07 Å². The third-order valence-corrected chi connectivity index (χ3v) is 4.33. The molecule has 0 unspecified atom stereocenters. The molecule has 0 aliphatic carbocycles. The quantitative estimate of drug-likeness (QED) is 0.533. The number of carbonyl (C=O) groups excluding carboxylic acids is 1. The monoisotopic (exact) mass is 345 g/mol. The number of nitrogens with one attached hydrogen (secondary N) is 1. The number of rotatable bonds is 5. The van der Waals surface area contributed by atoms with Crippen molar-refractivity contribution in [2.75, 3.05) is 13.2 Å². The van der Waals surface area contributed by atoms with Crippen LogP contribution >= 0.6 is 0 Å². The fourth-order valence-electron chi connectivity index (χ4n) is 2.96. The molecule has 4 nitrogen and oxygen atoms in total. The van der Waals surface area contributed by atoms with Crippen molar-refractivity contribution >= 4 is 27.6 Å². The predicted molar refractivity (Wildman–Crippen MR) is 103 cm³/mol. The van der Waals surface area contributed by atoms with Crippen LogP contribution in [0.4, 0.5) is 0 Å². The van der Waals surface area contributed by atoms with Crippen molar-refractivity contribution in [2.24, 2.45) is 0 Å². The van der Waals surface area contributed by atoms with E-state index in [0.29, 0.717) is 24.5 Å². The molecule has 1 heterocycles. The standard InChI is InChI=1S/C22H19NO3/c1-15-6-9-17(10-7-15)25-13-12-23-22(24)21-14-19-18-5-3-2-4-16(18)8-11-20(19)26-21/h2-11,14H,12-13H2,1H3,(H,23,24). The zero-order valence-electron chi connectivity index (χ0n) is 14.5. The molecule has 0 radical (unpaired) electrons. The van der Waals surface area contributed by atoms with Gasteiger partial charge in [-0.25, -0.2) is 0 Å². The van der Waals surface area contributed by atoms with Gasteiger partial charge in [-0.2, -0.15) is 0 Å². The minimum Gasteiger partial charge on any atom is -0.492 e. The number of hydrogen-bond donors (Lipinski definition) is 1. The molecule has 1 amide bonds. The maximum atomic E-state index is 12.3. The van der Waals surface area contributed by atoms with E-state index in [9.17, 15) is 4.79 Å². The molecule has 0 saturated carbocycles. The van der Waals surface area contributed by atoms with E-state index in [0.717, 1.165) is 21.9 Å². The van der Waals surface area contributed by atoms with Gasteiger partial charge in [-0.1, -0.05) is 48.0 Å². The number of benzene rings is 3. The molecular formula is C22H19NO3. The highest BCUT2D eigenvalue weighted by atomic mass is 16.5. The molecule has 0 saturated heterocycles. The fourth-order valence-corrected chi connectivity index (χ4v) is 2.96. The molecule has 1 aromatic heterocycles. The maximum absolute atomic E-state index is 12.3. The van der Waals surface area contributed by atoms with Crippen LogP contribution in [0, 0.1) is 6.92 Å². The highest BCUT2D eigenvalue weighted by molar-refractivity contribution is 6.08. The van der Waals surface area contributed by atoms with Gasteiger partial charge in [0.15, 0.2) is 5.76 Å². The van der Waals surface area contributed by atoms with Gasteiger partial charge in [0.1, 0.15) is 17.9 Å². The molecule has 0 aliphatic heterocycles. The summed E-state index contributed by atoms with van der Waals surface area (Å²) in [6.45, 7) is 2.84. The summed E-state index contributed by atoms with van der Waals surface area (Å²) < 4.78 is 11.3. The van der Waals surface area contributed by atoms with Crippen LogP contribution in [-0.4, -0.2) is 19.1 Å². The highest BCUT2D eigenvalue weighted by Crippen LogP contribution is 2.28. The van der Waals surface area contributed by atoms with Gasteiger partial charge in [0, 0.05) is 5.39 Å². The zero-order chi connectivity index (χ0) is 17.9. The van der Waals surface area contributed by atoms with Crippen molar-refractivity contribution in [1.29, 1.82) is 0 Å². The molecule has 3 aromatic carbocycles. The molecule has 4 heteroatoms. The Morgan fingerprint density at radius 3 is 2.65 bits per heavy atom. The molecule has 0 aliphatic rings. The summed E-state index contributed by atoms with van der Waals surface area (Å²) >= 11 is 0. The average molecular weight is 345 g/mol. The van der Waals surface area contributed by atoms with E-state index in [-0.39, 0.29) is 5.91 Å². The van der Waals surface area contributed by atoms with Crippen molar-refractivity contribution < 1.29 is 13.9 Å². The Morgan fingerprint density at radius 1 is 1.00 bits per heavy atom. The zero-order valence-corrected chi connectivity index (χ0v) is 14.5. The maximum Gasteiger partial charge on any atom is 0.287 e. The van der Waals surface area contributed by atoms with Crippen LogP contribution in [0.15, 0.2) is 71.1 Å². The minimum atomic E-state index is -0.238. The van der Waals surface area contributed by atoms with Crippen molar-refractivity contribution in [3.63, 3.8) is 0 Å². The Labute approximate surface area is 151 Å². The summed E-state index contributed by atoms with van der Waals surface area (Å²) in [7, 11) is 0. The van der Waals surface area contributed by atoms with Gasteiger partial charge in [0.2, 0.25) is 0 Å². The lowest BCUT2D eigenvalue weighted by atomic mass is 10.1. The van der Waals surface area contributed by atoms with Crippen LogP contribution < -0.4 is 10.1 Å². The average Bonchev–Trinajstić information content (AvgIpc) is 3.11. The van der Waals surface area contributed by atoms with E-state index in [4.69, 9.17) is 9.15 Å². The van der Waals surface area contributed by atoms with Gasteiger partial charge in [-0.3, -0.25) is 4.79 Å². The van der Waals surface area contributed by atoms with Gasteiger partial charge in [0.05, 0.1) is 6.54 Å². The summed E-state index contributed by atoms with van der Waals surface area (Å²) in [5.74, 6) is 0.865. The first kappa shape index (κ1) is 16.2. The number of hydrogen-bond acceptors (Lipinski definition) is 3. The summed E-state index contributed by atoms with van der Waals surface area (Å²) in [6.07, 6.45) is 0. The third kappa shape index (κ3) is 3.26. The summed E-state index contributed by atoms with van der Waals surface area (Å²) in [6, 6.07) is 21.6. The Kier molecular flexibility index (Phi) is 4.32. The van der Waals surface area contributed by atoms with Crippen LogP contribution in [0.5, 0.6) is 5.75 Å². The lowest BCUT2D eigenvalue weighted by Gasteiger charge is -2.07. The van der Waals surface area contributed by atoms with Crippen LogP contribution in [0.1, 0.15) is 16.1 Å². The first-order valence-electron chi connectivity index (χ1n) is 8.60. The lowest BCUT2D eigenvalue weighted by Crippen LogP contribution is -2.27. The Morgan fingerprint density at radius 2 is 1.81 bits per heavy atom. The third-order valence-electron chi connectivity index (χ3n) is 4.33. The van der Waals surface area contributed by atoms with E-state index in [2.05, 4.69) is 5.32 Å². The molecule has 4 rings (SSSR count). The van der Waals surface area contributed by atoms with E-state index in [1.165, 1.54) is 5.56 Å². The van der Waals surface area contributed by atoms with Crippen LogP contribution in [0.3, 0.4) is 0 Å². The number of ether oxygens (including phenoxy) is 1. The molecule has 1 N–H and O–H groups in total. The SMILES string of the molecule is Cc1ccc(OCCNC(=O)c2cc3c(ccc4ccccc43)o2)cc1. The number of amides is 1. The number of aryl methyl sites for hydroxylation is 1. The first-order chi connectivity index (χ1) is 12.7. The van der Waals surface area contributed by atoms with Gasteiger partial charge in [-0.05, 0) is 42.0 Å². The number of fused-ring (bicyclic) bond motifs is 3. The molecule has 0 fully saturated rings. The minimum absolute atomic E-state index is 0.238. The Balaban J connectivity index is 1.41. The van der Waals surface area contributed by atoms with Gasteiger partial charge >= 0.3 is 0 Å². The Hall–Kier alpha value is -3.27. The Bertz CT molecular complexity index is 1060. The molecule has 0 atom stereocenters. The molecular weight excluding hydrogens is 326 g/mol. The lowest BCUT2D eigenvalue weighted by molar-refractivity contribution is 0.0921. The fraction of sp³-hybridized carbons (Fsp3) is 0.136. The van der Waals surface area contributed by atoms with E-state index < -0.39 is 0 Å². The second kappa shape index (κ2) is 6.92. The van der Waals surface area contributed by atoms with Gasteiger partial charge in [0.25, 0.3) is 5.91 Å². The topological polar surface area (TPSA) is 51.5 Å². The van der Waals surface area contributed by atoms with E-state index in [1.807, 2.05) is 67.6 Å². The molecule has 4 aromatic rings. The molecule has 26 heavy (non-hydrogen) atoms. The van der Waals surface area contributed by atoms with Crippen LogP contribution in [-0.2, 0) is 0 Å². The van der Waals surface area contributed by atoms with Crippen molar-refractivity contribution in [3.8, 4) is 5.75 Å². The van der Waals surface area contributed by atoms with E-state index >= 15 is 0 Å². The van der Waals surface area contributed by atoms with Crippen molar-refractivity contribution in [3.05, 3.63) is 78.1 Å². The summed E-state index contributed by atoms with van der Waals surface area (Å²) in [5.41, 5.74) is 1.90. The largest absolute Gasteiger partial charge is 0.492 e. The molecule has 0 spiro atoms. The molecule has 0 bridgehead atoms. The van der Waals surface area contributed by atoms with Crippen molar-refractivity contribution in [2.45, 2.75) is 6.92 Å². The smallest absolute Gasteiger partial charge is 0.287 e.